The normalized spacial score (nSPS) is 15.2. The summed E-state index contributed by atoms with van der Waals surface area (Å²) in [4.78, 5) is 14.4. The molecule has 4 heteroatoms. The van der Waals surface area contributed by atoms with Crippen LogP contribution in [-0.4, -0.2) is 37.0 Å². The van der Waals surface area contributed by atoms with Crippen molar-refractivity contribution in [3.05, 3.63) is 23.8 Å². The van der Waals surface area contributed by atoms with E-state index in [1.54, 1.807) is 4.90 Å². The maximum atomic E-state index is 12.6. The molecular formula is C15H22N2O2. The van der Waals surface area contributed by atoms with Crippen molar-refractivity contribution in [3.63, 3.8) is 0 Å². The van der Waals surface area contributed by atoms with Gasteiger partial charge >= 0.3 is 0 Å². The first-order chi connectivity index (χ1) is 9.02. The zero-order valence-electron chi connectivity index (χ0n) is 12.1. The molecule has 1 aromatic carbocycles. The zero-order chi connectivity index (χ0) is 14.0. The quantitative estimate of drug-likeness (QED) is 0.910. The molecule has 0 saturated heterocycles. The van der Waals surface area contributed by atoms with Crippen LogP contribution in [0.2, 0.25) is 0 Å². The fourth-order valence-electron chi connectivity index (χ4n) is 2.16. The van der Waals surface area contributed by atoms with E-state index >= 15 is 0 Å². The number of ether oxygens (including phenoxy) is 1. The third-order valence-electron chi connectivity index (χ3n) is 3.81. The van der Waals surface area contributed by atoms with Crippen LogP contribution in [0.3, 0.4) is 0 Å². The van der Waals surface area contributed by atoms with Crippen LogP contribution in [0.5, 0.6) is 5.75 Å². The molecule has 0 bridgehead atoms. The van der Waals surface area contributed by atoms with E-state index in [0.717, 1.165) is 12.2 Å². The Hall–Kier alpha value is -1.71. The predicted octanol–water partition coefficient (Wildman–Crippen LogP) is 2.61. The SMILES string of the molecule is CC(C)C(C)N(C)C(=O)c1cccc2c1OCCN2. The molecule has 1 aliphatic heterocycles. The molecule has 0 aromatic heterocycles. The first-order valence-corrected chi connectivity index (χ1v) is 6.79. The van der Waals surface area contributed by atoms with Crippen LogP contribution in [-0.2, 0) is 0 Å². The molecule has 4 nitrogen and oxygen atoms in total. The standard InChI is InChI=1S/C15H22N2O2/c1-10(2)11(3)17(4)15(18)12-6-5-7-13-14(12)19-9-8-16-13/h5-7,10-11,16H,8-9H2,1-4H3. The number of carbonyl (C=O) groups excluding carboxylic acids is 1. The molecule has 0 aliphatic carbocycles. The maximum Gasteiger partial charge on any atom is 0.257 e. The van der Waals surface area contributed by atoms with Gasteiger partial charge in [-0.15, -0.1) is 0 Å². The van der Waals surface area contributed by atoms with Crippen molar-refractivity contribution in [2.75, 3.05) is 25.5 Å². The van der Waals surface area contributed by atoms with Crippen LogP contribution in [0.4, 0.5) is 5.69 Å². The highest BCUT2D eigenvalue weighted by Gasteiger charge is 2.25. The van der Waals surface area contributed by atoms with E-state index < -0.39 is 0 Å². The van der Waals surface area contributed by atoms with Gasteiger partial charge in [-0.1, -0.05) is 19.9 Å². The number of hydrogen-bond acceptors (Lipinski definition) is 3. The highest BCUT2D eigenvalue weighted by atomic mass is 16.5. The van der Waals surface area contributed by atoms with Gasteiger partial charge in [0.05, 0.1) is 11.3 Å². The van der Waals surface area contributed by atoms with Crippen LogP contribution >= 0.6 is 0 Å². The zero-order valence-corrected chi connectivity index (χ0v) is 12.1. The minimum absolute atomic E-state index is 0.0155. The van der Waals surface area contributed by atoms with Crippen LogP contribution in [0.1, 0.15) is 31.1 Å². The van der Waals surface area contributed by atoms with Crippen molar-refractivity contribution in [2.45, 2.75) is 26.8 Å². The molecule has 2 rings (SSSR count). The fourth-order valence-corrected chi connectivity index (χ4v) is 2.16. The number of para-hydroxylation sites is 1. The maximum absolute atomic E-state index is 12.6. The van der Waals surface area contributed by atoms with Gasteiger partial charge in [0.25, 0.3) is 5.91 Å². The number of fused-ring (bicyclic) bond motifs is 1. The van der Waals surface area contributed by atoms with Crippen LogP contribution in [0, 0.1) is 5.92 Å². The van der Waals surface area contributed by atoms with Crippen molar-refractivity contribution < 1.29 is 9.53 Å². The summed E-state index contributed by atoms with van der Waals surface area (Å²) in [5, 5.41) is 3.25. The third-order valence-corrected chi connectivity index (χ3v) is 3.81. The number of nitrogens with one attached hydrogen (secondary N) is 1. The fraction of sp³-hybridized carbons (Fsp3) is 0.533. The summed E-state index contributed by atoms with van der Waals surface area (Å²) in [5.41, 5.74) is 1.54. The summed E-state index contributed by atoms with van der Waals surface area (Å²) in [6.45, 7) is 7.68. The van der Waals surface area contributed by atoms with Gasteiger partial charge in [0.1, 0.15) is 6.61 Å². The van der Waals surface area contributed by atoms with E-state index in [4.69, 9.17) is 4.74 Å². The minimum Gasteiger partial charge on any atom is -0.489 e. The Bertz CT molecular complexity index is 471. The number of nitrogens with zero attached hydrogens (tertiary/aromatic N) is 1. The first kappa shape index (κ1) is 13.7. The third kappa shape index (κ3) is 2.67. The predicted molar refractivity (Wildman–Crippen MR) is 76.8 cm³/mol. The van der Waals surface area contributed by atoms with Gasteiger partial charge in [-0.2, -0.15) is 0 Å². The second-order valence-electron chi connectivity index (χ2n) is 5.36. The molecule has 1 aliphatic rings. The molecule has 104 valence electrons. The first-order valence-electron chi connectivity index (χ1n) is 6.79. The molecule has 1 N–H and O–H groups in total. The van der Waals surface area contributed by atoms with E-state index in [-0.39, 0.29) is 11.9 Å². The molecule has 1 heterocycles. The molecule has 1 amide bonds. The topological polar surface area (TPSA) is 41.6 Å². The summed E-state index contributed by atoms with van der Waals surface area (Å²) in [7, 11) is 1.85. The number of carbonyl (C=O) groups is 1. The largest absolute Gasteiger partial charge is 0.489 e. The molecular weight excluding hydrogens is 240 g/mol. The van der Waals surface area contributed by atoms with Gasteiger partial charge in [-0.3, -0.25) is 4.79 Å². The Morgan fingerprint density at radius 3 is 2.79 bits per heavy atom. The molecule has 0 radical (unpaired) electrons. The van der Waals surface area contributed by atoms with E-state index in [9.17, 15) is 4.79 Å². The van der Waals surface area contributed by atoms with Crippen molar-refractivity contribution in [1.82, 2.24) is 4.90 Å². The van der Waals surface area contributed by atoms with E-state index in [1.165, 1.54) is 0 Å². The summed E-state index contributed by atoms with van der Waals surface area (Å²) in [6.07, 6.45) is 0. The van der Waals surface area contributed by atoms with Crippen LogP contribution < -0.4 is 10.1 Å². The lowest BCUT2D eigenvalue weighted by Crippen LogP contribution is -2.38. The molecule has 0 spiro atoms. The number of hydrogen-bond donors (Lipinski definition) is 1. The summed E-state index contributed by atoms with van der Waals surface area (Å²) in [6, 6.07) is 5.86. The lowest BCUT2D eigenvalue weighted by molar-refractivity contribution is 0.0702. The number of benzene rings is 1. The Labute approximate surface area is 114 Å². The summed E-state index contributed by atoms with van der Waals surface area (Å²) in [5.74, 6) is 1.12. The Kier molecular flexibility index (Phi) is 3.98. The van der Waals surface area contributed by atoms with Gasteiger partial charge in [0.2, 0.25) is 0 Å². The van der Waals surface area contributed by atoms with Gasteiger partial charge < -0.3 is 15.0 Å². The minimum atomic E-state index is 0.0155. The van der Waals surface area contributed by atoms with E-state index in [0.29, 0.717) is 23.8 Å². The monoisotopic (exact) mass is 262 g/mol. The molecule has 1 atom stereocenters. The smallest absolute Gasteiger partial charge is 0.257 e. The van der Waals surface area contributed by atoms with Crippen molar-refractivity contribution in [2.24, 2.45) is 5.92 Å². The molecule has 1 unspecified atom stereocenters. The van der Waals surface area contributed by atoms with Gasteiger partial charge in [-0.25, -0.2) is 0 Å². The second kappa shape index (κ2) is 5.51. The van der Waals surface area contributed by atoms with Crippen LogP contribution in [0.25, 0.3) is 0 Å². The van der Waals surface area contributed by atoms with Gasteiger partial charge in [0, 0.05) is 19.6 Å². The van der Waals surface area contributed by atoms with E-state index in [2.05, 4.69) is 26.1 Å². The Morgan fingerprint density at radius 1 is 1.37 bits per heavy atom. The highest BCUT2D eigenvalue weighted by Crippen LogP contribution is 2.32. The molecule has 0 saturated carbocycles. The highest BCUT2D eigenvalue weighted by molar-refractivity contribution is 5.99. The average molecular weight is 262 g/mol. The Morgan fingerprint density at radius 2 is 2.11 bits per heavy atom. The number of amides is 1. The summed E-state index contributed by atoms with van der Waals surface area (Å²) >= 11 is 0. The second-order valence-corrected chi connectivity index (χ2v) is 5.36. The molecule has 0 fully saturated rings. The lowest BCUT2D eigenvalue weighted by atomic mass is 10.0. The van der Waals surface area contributed by atoms with Crippen LogP contribution in [0.15, 0.2) is 18.2 Å². The van der Waals surface area contributed by atoms with E-state index in [1.807, 2.05) is 25.2 Å². The van der Waals surface area contributed by atoms with Gasteiger partial charge in [-0.05, 0) is 25.0 Å². The lowest BCUT2D eigenvalue weighted by Gasteiger charge is -2.29. The number of anilines is 1. The average Bonchev–Trinajstić information content (AvgIpc) is 2.44. The van der Waals surface area contributed by atoms with Crippen molar-refractivity contribution in [3.8, 4) is 5.75 Å². The van der Waals surface area contributed by atoms with Crippen molar-refractivity contribution >= 4 is 11.6 Å². The Balaban J connectivity index is 2.29. The van der Waals surface area contributed by atoms with Crippen molar-refractivity contribution in [1.29, 1.82) is 0 Å². The molecule has 1 aromatic rings. The molecule has 19 heavy (non-hydrogen) atoms. The van der Waals surface area contributed by atoms with Gasteiger partial charge in [0.15, 0.2) is 5.75 Å². The number of rotatable bonds is 3. The summed E-state index contributed by atoms with van der Waals surface area (Å²) < 4.78 is 5.66.